The molecule has 0 bridgehead atoms. The van der Waals surface area contributed by atoms with Crippen LogP contribution in [0, 0.1) is 13.8 Å². The van der Waals surface area contributed by atoms with Gasteiger partial charge in [-0.25, -0.2) is 0 Å². The standard InChI is InChI=1S/C13H18N2O3/c1-9-3-4-10(2)11(7-9)15-12(16)8-14-6-5-13(17)18/h3-4,7,14H,5-6,8H2,1-2H3,(H,15,16)(H,17,18). The van der Waals surface area contributed by atoms with Crippen molar-refractivity contribution in [2.75, 3.05) is 18.4 Å². The van der Waals surface area contributed by atoms with Crippen LogP contribution in [0.25, 0.3) is 0 Å². The van der Waals surface area contributed by atoms with Crippen molar-refractivity contribution in [3.05, 3.63) is 29.3 Å². The molecule has 1 aromatic carbocycles. The van der Waals surface area contributed by atoms with Gasteiger partial charge in [0.2, 0.25) is 5.91 Å². The zero-order valence-corrected chi connectivity index (χ0v) is 10.6. The lowest BCUT2D eigenvalue weighted by atomic mass is 10.1. The molecule has 0 aliphatic heterocycles. The molecule has 0 fully saturated rings. The summed E-state index contributed by atoms with van der Waals surface area (Å²) < 4.78 is 0. The van der Waals surface area contributed by atoms with Gasteiger partial charge in [0.15, 0.2) is 0 Å². The number of aliphatic carboxylic acids is 1. The normalized spacial score (nSPS) is 10.1. The van der Waals surface area contributed by atoms with Crippen molar-refractivity contribution < 1.29 is 14.7 Å². The van der Waals surface area contributed by atoms with Gasteiger partial charge in [0.25, 0.3) is 0 Å². The molecule has 0 aromatic heterocycles. The number of nitrogens with one attached hydrogen (secondary N) is 2. The lowest BCUT2D eigenvalue weighted by Gasteiger charge is -2.09. The fourth-order valence-electron chi connectivity index (χ4n) is 1.46. The minimum Gasteiger partial charge on any atom is -0.481 e. The number of anilines is 1. The van der Waals surface area contributed by atoms with Gasteiger partial charge in [-0.2, -0.15) is 0 Å². The van der Waals surface area contributed by atoms with Crippen LogP contribution in [-0.4, -0.2) is 30.1 Å². The Bertz CT molecular complexity index is 444. The quantitative estimate of drug-likeness (QED) is 0.665. The van der Waals surface area contributed by atoms with Gasteiger partial charge in [-0.1, -0.05) is 12.1 Å². The van der Waals surface area contributed by atoms with Crippen molar-refractivity contribution in [2.24, 2.45) is 0 Å². The lowest BCUT2D eigenvalue weighted by molar-refractivity contribution is -0.137. The molecule has 0 heterocycles. The molecule has 0 spiro atoms. The highest BCUT2D eigenvalue weighted by atomic mass is 16.4. The Morgan fingerprint density at radius 2 is 2.00 bits per heavy atom. The van der Waals surface area contributed by atoms with Crippen LogP contribution in [0.1, 0.15) is 17.5 Å². The molecule has 0 atom stereocenters. The first-order valence-corrected chi connectivity index (χ1v) is 5.78. The van der Waals surface area contributed by atoms with Gasteiger partial charge in [0.05, 0.1) is 13.0 Å². The zero-order chi connectivity index (χ0) is 13.5. The molecule has 1 aromatic rings. The molecular formula is C13H18N2O3. The second kappa shape index (κ2) is 6.76. The summed E-state index contributed by atoms with van der Waals surface area (Å²) in [5.41, 5.74) is 2.87. The highest BCUT2D eigenvalue weighted by Crippen LogP contribution is 2.15. The highest BCUT2D eigenvalue weighted by Gasteiger charge is 2.05. The Balaban J connectivity index is 2.40. The van der Waals surface area contributed by atoms with E-state index in [0.29, 0.717) is 0 Å². The fourth-order valence-corrected chi connectivity index (χ4v) is 1.46. The van der Waals surface area contributed by atoms with Gasteiger partial charge >= 0.3 is 5.97 Å². The first-order chi connectivity index (χ1) is 8.49. The molecular weight excluding hydrogens is 232 g/mol. The van der Waals surface area contributed by atoms with E-state index in [1.807, 2.05) is 32.0 Å². The van der Waals surface area contributed by atoms with E-state index in [0.717, 1.165) is 16.8 Å². The van der Waals surface area contributed by atoms with E-state index in [2.05, 4.69) is 10.6 Å². The smallest absolute Gasteiger partial charge is 0.304 e. The molecule has 0 aliphatic rings. The summed E-state index contributed by atoms with van der Waals surface area (Å²) >= 11 is 0. The van der Waals surface area contributed by atoms with Crippen LogP contribution in [-0.2, 0) is 9.59 Å². The van der Waals surface area contributed by atoms with Crippen LogP contribution in [0.3, 0.4) is 0 Å². The molecule has 0 saturated heterocycles. The molecule has 0 aliphatic carbocycles. The molecule has 1 rings (SSSR count). The van der Waals surface area contributed by atoms with Crippen LogP contribution in [0.5, 0.6) is 0 Å². The van der Waals surface area contributed by atoms with Gasteiger partial charge in [0.1, 0.15) is 0 Å². The average Bonchev–Trinajstić information content (AvgIpc) is 2.29. The number of benzene rings is 1. The molecule has 0 radical (unpaired) electrons. The Morgan fingerprint density at radius 1 is 1.28 bits per heavy atom. The van der Waals surface area contributed by atoms with Crippen LogP contribution < -0.4 is 10.6 Å². The molecule has 1 amide bonds. The number of hydrogen-bond acceptors (Lipinski definition) is 3. The van der Waals surface area contributed by atoms with Crippen molar-refractivity contribution >= 4 is 17.6 Å². The van der Waals surface area contributed by atoms with E-state index in [-0.39, 0.29) is 25.4 Å². The summed E-state index contributed by atoms with van der Waals surface area (Å²) in [6.07, 6.45) is 0.0107. The highest BCUT2D eigenvalue weighted by molar-refractivity contribution is 5.93. The maximum Gasteiger partial charge on any atom is 0.304 e. The average molecular weight is 250 g/mol. The monoisotopic (exact) mass is 250 g/mol. The fraction of sp³-hybridized carbons (Fsp3) is 0.385. The summed E-state index contributed by atoms with van der Waals surface area (Å²) in [4.78, 5) is 21.9. The lowest BCUT2D eigenvalue weighted by Crippen LogP contribution is -2.29. The number of amides is 1. The maximum atomic E-state index is 11.6. The van der Waals surface area contributed by atoms with Crippen LogP contribution in [0.2, 0.25) is 0 Å². The molecule has 0 saturated carbocycles. The molecule has 98 valence electrons. The third-order valence-electron chi connectivity index (χ3n) is 2.47. The molecule has 5 nitrogen and oxygen atoms in total. The van der Waals surface area contributed by atoms with Gasteiger partial charge < -0.3 is 15.7 Å². The predicted molar refractivity (Wildman–Crippen MR) is 69.7 cm³/mol. The predicted octanol–water partition coefficient (Wildman–Crippen LogP) is 1.31. The molecule has 5 heteroatoms. The third-order valence-corrected chi connectivity index (χ3v) is 2.47. The second-order valence-corrected chi connectivity index (χ2v) is 4.19. The SMILES string of the molecule is Cc1ccc(C)c(NC(=O)CNCCC(=O)O)c1. The van der Waals surface area contributed by atoms with Crippen molar-refractivity contribution in [2.45, 2.75) is 20.3 Å². The number of rotatable bonds is 6. The van der Waals surface area contributed by atoms with E-state index < -0.39 is 5.97 Å². The summed E-state index contributed by atoms with van der Waals surface area (Å²) in [6, 6.07) is 5.84. The topological polar surface area (TPSA) is 78.4 Å². The van der Waals surface area contributed by atoms with Crippen molar-refractivity contribution in [1.82, 2.24) is 5.32 Å². The van der Waals surface area contributed by atoms with Gasteiger partial charge in [-0.05, 0) is 31.0 Å². The summed E-state index contributed by atoms with van der Waals surface area (Å²) in [7, 11) is 0. The molecule has 18 heavy (non-hydrogen) atoms. The number of aryl methyl sites for hydroxylation is 2. The number of carbonyl (C=O) groups excluding carboxylic acids is 1. The van der Waals surface area contributed by atoms with Gasteiger partial charge in [-0.3, -0.25) is 9.59 Å². The number of carboxylic acid groups (broad SMARTS) is 1. The third kappa shape index (κ3) is 4.97. The summed E-state index contributed by atoms with van der Waals surface area (Å²) in [5, 5.41) is 14.0. The Morgan fingerprint density at radius 3 is 2.67 bits per heavy atom. The second-order valence-electron chi connectivity index (χ2n) is 4.19. The summed E-state index contributed by atoms with van der Waals surface area (Å²) in [6.45, 7) is 4.28. The van der Waals surface area contributed by atoms with E-state index in [4.69, 9.17) is 5.11 Å². The van der Waals surface area contributed by atoms with Crippen LogP contribution in [0.4, 0.5) is 5.69 Å². The number of hydrogen-bond donors (Lipinski definition) is 3. The molecule has 3 N–H and O–H groups in total. The first kappa shape index (κ1) is 14.2. The Hall–Kier alpha value is -1.88. The number of carbonyl (C=O) groups is 2. The van der Waals surface area contributed by atoms with Crippen molar-refractivity contribution in [1.29, 1.82) is 0 Å². The largest absolute Gasteiger partial charge is 0.481 e. The van der Waals surface area contributed by atoms with E-state index in [1.54, 1.807) is 0 Å². The summed E-state index contributed by atoms with van der Waals surface area (Å²) in [5.74, 6) is -1.05. The Kier molecular flexibility index (Phi) is 5.32. The minimum atomic E-state index is -0.877. The number of carboxylic acids is 1. The van der Waals surface area contributed by atoms with Crippen LogP contribution >= 0.6 is 0 Å². The zero-order valence-electron chi connectivity index (χ0n) is 10.6. The minimum absolute atomic E-state index is 0.0107. The molecule has 0 unspecified atom stereocenters. The van der Waals surface area contributed by atoms with E-state index in [1.165, 1.54) is 0 Å². The first-order valence-electron chi connectivity index (χ1n) is 5.78. The van der Waals surface area contributed by atoms with E-state index in [9.17, 15) is 9.59 Å². The maximum absolute atomic E-state index is 11.6. The van der Waals surface area contributed by atoms with Crippen molar-refractivity contribution in [3.8, 4) is 0 Å². The Labute approximate surface area is 106 Å². The van der Waals surface area contributed by atoms with Gasteiger partial charge in [-0.15, -0.1) is 0 Å². The van der Waals surface area contributed by atoms with Gasteiger partial charge in [0, 0.05) is 12.2 Å². The van der Waals surface area contributed by atoms with E-state index >= 15 is 0 Å². The van der Waals surface area contributed by atoms with Crippen molar-refractivity contribution in [3.63, 3.8) is 0 Å². The van der Waals surface area contributed by atoms with Crippen LogP contribution in [0.15, 0.2) is 18.2 Å².